The van der Waals surface area contributed by atoms with Crippen LogP contribution in [0.4, 0.5) is 11.4 Å². The minimum Gasteiger partial charge on any atom is -0.462 e. The molecule has 31 heavy (non-hydrogen) atoms. The van der Waals surface area contributed by atoms with E-state index < -0.39 is 10.0 Å². The number of carbonyl (C=O) groups is 1. The normalized spacial score (nSPS) is 11.3. The molecule has 9 heteroatoms. The van der Waals surface area contributed by atoms with Crippen molar-refractivity contribution in [3.63, 3.8) is 0 Å². The van der Waals surface area contributed by atoms with Crippen molar-refractivity contribution in [2.75, 3.05) is 10.0 Å². The summed E-state index contributed by atoms with van der Waals surface area (Å²) in [5, 5.41) is 3.42. The van der Waals surface area contributed by atoms with Crippen LogP contribution in [-0.2, 0) is 10.0 Å². The number of carbonyl (C=O) groups excluding carboxylic acids is 1. The Morgan fingerprint density at radius 2 is 1.65 bits per heavy atom. The van der Waals surface area contributed by atoms with Gasteiger partial charge in [0.2, 0.25) is 0 Å². The predicted octanol–water partition coefficient (Wildman–Crippen LogP) is 5.07. The number of hydrogen-bond donors (Lipinski definition) is 2. The summed E-state index contributed by atoms with van der Waals surface area (Å²) >= 11 is 1.38. The molecule has 0 aliphatic rings. The Bertz CT molecular complexity index is 1310. The number of aryl methyl sites for hydroxylation is 2. The van der Waals surface area contributed by atoms with Gasteiger partial charge in [-0.3, -0.25) is 9.52 Å². The SMILES string of the molecule is Cc1ccc(S(=O)(=O)Nc2ccc(NC(=O)c3nc(-c4ccco4)sc3C)cc2)cc1. The zero-order valence-electron chi connectivity index (χ0n) is 16.7. The van der Waals surface area contributed by atoms with Gasteiger partial charge in [0.05, 0.1) is 11.2 Å². The van der Waals surface area contributed by atoms with Crippen molar-refractivity contribution in [2.24, 2.45) is 0 Å². The summed E-state index contributed by atoms with van der Waals surface area (Å²) in [5.74, 6) is 0.261. The number of thiazole rings is 1. The van der Waals surface area contributed by atoms with E-state index in [9.17, 15) is 13.2 Å². The van der Waals surface area contributed by atoms with E-state index in [2.05, 4.69) is 15.0 Å². The largest absolute Gasteiger partial charge is 0.462 e. The Labute approximate surface area is 183 Å². The summed E-state index contributed by atoms with van der Waals surface area (Å²) in [6, 6.07) is 16.6. The van der Waals surface area contributed by atoms with Crippen molar-refractivity contribution >= 4 is 38.6 Å². The van der Waals surface area contributed by atoms with Gasteiger partial charge in [0.1, 0.15) is 5.69 Å². The summed E-state index contributed by atoms with van der Waals surface area (Å²) in [4.78, 5) is 18.0. The molecule has 7 nitrogen and oxygen atoms in total. The molecule has 0 radical (unpaired) electrons. The van der Waals surface area contributed by atoms with Gasteiger partial charge < -0.3 is 9.73 Å². The van der Waals surface area contributed by atoms with Gasteiger partial charge in [-0.2, -0.15) is 0 Å². The molecule has 4 rings (SSSR count). The first-order valence-electron chi connectivity index (χ1n) is 9.34. The van der Waals surface area contributed by atoms with E-state index in [0.717, 1.165) is 10.4 Å². The van der Waals surface area contributed by atoms with E-state index in [4.69, 9.17) is 4.42 Å². The fourth-order valence-electron chi connectivity index (χ4n) is 2.86. The maximum atomic E-state index is 12.6. The molecule has 2 aromatic heterocycles. The number of hydrogen-bond acceptors (Lipinski definition) is 6. The van der Waals surface area contributed by atoms with Crippen LogP contribution in [0.3, 0.4) is 0 Å². The van der Waals surface area contributed by atoms with E-state index in [1.165, 1.54) is 11.3 Å². The van der Waals surface area contributed by atoms with Gasteiger partial charge in [0, 0.05) is 16.3 Å². The van der Waals surface area contributed by atoms with Crippen molar-refractivity contribution < 1.29 is 17.6 Å². The Morgan fingerprint density at radius 1 is 0.968 bits per heavy atom. The number of benzene rings is 2. The number of sulfonamides is 1. The van der Waals surface area contributed by atoms with Crippen molar-refractivity contribution in [3.8, 4) is 10.8 Å². The number of rotatable bonds is 6. The third kappa shape index (κ3) is 4.68. The lowest BCUT2D eigenvalue weighted by molar-refractivity contribution is 0.102. The molecule has 0 saturated heterocycles. The van der Waals surface area contributed by atoms with E-state index in [1.807, 2.05) is 13.8 Å². The standard InChI is InChI=1S/C22H19N3O4S2/c1-14-5-11-18(12-6-14)31(27,28)25-17-9-7-16(8-10-17)23-21(26)20-15(2)30-22(24-20)19-4-3-13-29-19/h3-13,25H,1-2H3,(H,23,26). The second kappa shape index (κ2) is 8.37. The quantitative estimate of drug-likeness (QED) is 0.424. The lowest BCUT2D eigenvalue weighted by Gasteiger charge is -2.10. The summed E-state index contributed by atoms with van der Waals surface area (Å²) in [5.41, 5.74) is 2.21. The zero-order valence-corrected chi connectivity index (χ0v) is 18.4. The number of nitrogens with zero attached hydrogens (tertiary/aromatic N) is 1. The van der Waals surface area contributed by atoms with Gasteiger partial charge >= 0.3 is 0 Å². The molecule has 0 fully saturated rings. The lowest BCUT2D eigenvalue weighted by atomic mass is 10.2. The van der Waals surface area contributed by atoms with Crippen LogP contribution in [-0.4, -0.2) is 19.3 Å². The highest BCUT2D eigenvalue weighted by molar-refractivity contribution is 7.92. The fraction of sp³-hybridized carbons (Fsp3) is 0.0909. The van der Waals surface area contributed by atoms with E-state index in [0.29, 0.717) is 27.8 Å². The van der Waals surface area contributed by atoms with Gasteiger partial charge in [0.15, 0.2) is 10.8 Å². The molecular formula is C22H19N3O4S2. The van der Waals surface area contributed by atoms with Crippen molar-refractivity contribution in [3.05, 3.63) is 83.1 Å². The molecule has 0 aliphatic heterocycles. The van der Waals surface area contributed by atoms with Crippen LogP contribution >= 0.6 is 11.3 Å². The van der Waals surface area contributed by atoms with Crippen molar-refractivity contribution in [2.45, 2.75) is 18.7 Å². The molecule has 0 aliphatic carbocycles. The average Bonchev–Trinajstić information content (AvgIpc) is 3.39. The van der Waals surface area contributed by atoms with E-state index in [1.54, 1.807) is 66.9 Å². The molecule has 0 saturated carbocycles. The third-order valence-corrected chi connectivity index (χ3v) is 6.85. The minimum absolute atomic E-state index is 0.182. The molecule has 2 aromatic carbocycles. The molecule has 4 aromatic rings. The van der Waals surface area contributed by atoms with Crippen LogP contribution in [0.5, 0.6) is 0 Å². The molecular weight excluding hydrogens is 434 g/mol. The average molecular weight is 454 g/mol. The summed E-state index contributed by atoms with van der Waals surface area (Å²) in [6.07, 6.45) is 1.56. The smallest absolute Gasteiger partial charge is 0.275 e. The second-order valence-electron chi connectivity index (χ2n) is 6.85. The summed E-state index contributed by atoms with van der Waals surface area (Å²) in [6.45, 7) is 3.71. The molecule has 158 valence electrons. The van der Waals surface area contributed by atoms with Gasteiger partial charge in [-0.25, -0.2) is 13.4 Å². The van der Waals surface area contributed by atoms with Gasteiger partial charge in [-0.1, -0.05) is 17.7 Å². The maximum absolute atomic E-state index is 12.6. The molecule has 2 N–H and O–H groups in total. The lowest BCUT2D eigenvalue weighted by Crippen LogP contribution is -2.14. The molecule has 0 unspecified atom stereocenters. The van der Waals surface area contributed by atoms with Gasteiger partial charge in [0.25, 0.3) is 15.9 Å². The number of aromatic nitrogens is 1. The molecule has 1 amide bonds. The molecule has 0 spiro atoms. The first-order chi connectivity index (χ1) is 14.8. The summed E-state index contributed by atoms with van der Waals surface area (Å²) in [7, 11) is -3.69. The fourth-order valence-corrected chi connectivity index (χ4v) is 4.79. The molecule has 2 heterocycles. The Balaban J connectivity index is 1.45. The second-order valence-corrected chi connectivity index (χ2v) is 9.74. The van der Waals surface area contributed by atoms with Gasteiger partial charge in [-0.15, -0.1) is 11.3 Å². The van der Waals surface area contributed by atoms with E-state index >= 15 is 0 Å². The van der Waals surface area contributed by atoms with Crippen LogP contribution in [0.15, 0.2) is 76.2 Å². The molecule has 0 bridgehead atoms. The Kier molecular flexibility index (Phi) is 5.62. The van der Waals surface area contributed by atoms with Crippen molar-refractivity contribution in [1.29, 1.82) is 0 Å². The number of amides is 1. The highest BCUT2D eigenvalue weighted by Crippen LogP contribution is 2.28. The Morgan fingerprint density at radius 3 is 2.29 bits per heavy atom. The van der Waals surface area contributed by atoms with Gasteiger partial charge in [-0.05, 0) is 62.4 Å². The zero-order chi connectivity index (χ0) is 22.0. The van der Waals surface area contributed by atoms with Crippen LogP contribution in [0.1, 0.15) is 20.9 Å². The monoisotopic (exact) mass is 453 g/mol. The highest BCUT2D eigenvalue weighted by atomic mass is 32.2. The number of furan rings is 1. The van der Waals surface area contributed by atoms with Crippen LogP contribution in [0, 0.1) is 13.8 Å². The summed E-state index contributed by atoms with van der Waals surface area (Å²) < 4.78 is 32.9. The Hall–Kier alpha value is -3.43. The first kappa shape index (κ1) is 20.8. The first-order valence-corrected chi connectivity index (χ1v) is 11.6. The predicted molar refractivity (Wildman–Crippen MR) is 121 cm³/mol. The maximum Gasteiger partial charge on any atom is 0.275 e. The highest BCUT2D eigenvalue weighted by Gasteiger charge is 2.18. The van der Waals surface area contributed by atoms with Crippen LogP contribution in [0.25, 0.3) is 10.8 Å². The number of anilines is 2. The van der Waals surface area contributed by atoms with Crippen LogP contribution in [0.2, 0.25) is 0 Å². The van der Waals surface area contributed by atoms with Crippen molar-refractivity contribution in [1.82, 2.24) is 4.98 Å². The van der Waals surface area contributed by atoms with Crippen LogP contribution < -0.4 is 10.0 Å². The van der Waals surface area contributed by atoms with E-state index in [-0.39, 0.29) is 10.8 Å². The molecule has 0 atom stereocenters. The minimum atomic E-state index is -3.69. The topological polar surface area (TPSA) is 101 Å². The number of nitrogens with one attached hydrogen (secondary N) is 2. The third-order valence-electron chi connectivity index (χ3n) is 4.47.